The van der Waals surface area contributed by atoms with Crippen LogP contribution >= 0.6 is 0 Å². The minimum absolute atomic E-state index is 0.0707. The Kier molecular flexibility index (Phi) is 6.54. The van der Waals surface area contributed by atoms with Crippen LogP contribution in [0.1, 0.15) is 43.7 Å². The van der Waals surface area contributed by atoms with Gasteiger partial charge in [-0.15, -0.1) is 0 Å². The van der Waals surface area contributed by atoms with E-state index in [0.29, 0.717) is 0 Å². The number of hydrogen-bond acceptors (Lipinski definition) is 4. The highest BCUT2D eigenvalue weighted by molar-refractivity contribution is 6.02. The number of amides is 1. The zero-order chi connectivity index (χ0) is 22.7. The molecule has 0 N–H and O–H groups in total. The molecule has 1 fully saturated rings. The molecule has 1 aromatic heterocycles. The van der Waals surface area contributed by atoms with E-state index in [-0.39, 0.29) is 5.91 Å². The first-order valence-electron chi connectivity index (χ1n) is 11.2. The first kappa shape index (κ1) is 22.0. The second-order valence-corrected chi connectivity index (χ2v) is 8.38. The Morgan fingerprint density at radius 3 is 2.44 bits per heavy atom. The number of ether oxygens (including phenoxy) is 2. The maximum Gasteiger partial charge on any atom is 0.246 e. The molecule has 0 atom stereocenters. The molecule has 0 aliphatic carbocycles. The molecule has 1 amide bonds. The van der Waals surface area contributed by atoms with Gasteiger partial charge in [-0.2, -0.15) is 0 Å². The molecule has 4 rings (SSSR count). The second kappa shape index (κ2) is 9.51. The maximum atomic E-state index is 13.0. The van der Waals surface area contributed by atoms with Crippen LogP contribution in [0.2, 0.25) is 0 Å². The smallest absolute Gasteiger partial charge is 0.246 e. The highest BCUT2D eigenvalue weighted by Crippen LogP contribution is 2.42. The third-order valence-electron chi connectivity index (χ3n) is 6.33. The van der Waals surface area contributed by atoms with Crippen LogP contribution in [-0.4, -0.2) is 38.1 Å². The van der Waals surface area contributed by atoms with E-state index in [1.54, 1.807) is 26.6 Å². The topological polar surface area (TPSA) is 51.9 Å². The largest absolute Gasteiger partial charge is 0.496 e. The van der Waals surface area contributed by atoms with Crippen molar-refractivity contribution in [3.05, 3.63) is 53.8 Å². The van der Waals surface area contributed by atoms with Crippen LogP contribution in [-0.2, 0) is 4.79 Å². The molecule has 0 saturated carbocycles. The van der Waals surface area contributed by atoms with Gasteiger partial charge >= 0.3 is 0 Å². The summed E-state index contributed by atoms with van der Waals surface area (Å²) in [6, 6.07) is 9.96. The number of carbonyl (C=O) groups excluding carboxylic acids is 1. The number of fused-ring (bicyclic) bond motifs is 1. The molecule has 1 aliphatic heterocycles. The third kappa shape index (κ3) is 4.12. The summed E-state index contributed by atoms with van der Waals surface area (Å²) in [5, 5.41) is 0.970. The van der Waals surface area contributed by atoms with Crippen LogP contribution in [0.5, 0.6) is 11.5 Å². The minimum atomic E-state index is 0.0707. The summed E-state index contributed by atoms with van der Waals surface area (Å²) < 4.78 is 17.3. The Hall–Kier alpha value is -3.21. The van der Waals surface area contributed by atoms with Gasteiger partial charge < -0.3 is 18.8 Å². The van der Waals surface area contributed by atoms with Gasteiger partial charge in [0.15, 0.2) is 0 Å². The lowest BCUT2D eigenvalue weighted by atomic mass is 9.96. The van der Waals surface area contributed by atoms with Crippen LogP contribution in [0.4, 0.5) is 0 Å². The van der Waals surface area contributed by atoms with Crippen LogP contribution in [0.3, 0.4) is 0 Å². The van der Waals surface area contributed by atoms with E-state index >= 15 is 0 Å². The van der Waals surface area contributed by atoms with Crippen molar-refractivity contribution >= 4 is 22.4 Å². The molecule has 0 bridgehead atoms. The van der Waals surface area contributed by atoms with E-state index < -0.39 is 0 Å². The highest BCUT2D eigenvalue weighted by atomic mass is 16.5. The molecule has 1 aliphatic rings. The molecule has 2 aromatic carbocycles. The lowest BCUT2D eigenvalue weighted by Crippen LogP contribution is -2.30. The number of likely N-dealkylation sites (tertiary alicyclic amines) is 1. The SMILES string of the molecule is COc1ccccc1-c1coc2c(C)c(OC)c(/C(C)=C/C(=O)N3CCCCCC3)cc12. The molecular formula is C27H31NO4. The van der Waals surface area contributed by atoms with E-state index in [0.717, 1.165) is 76.2 Å². The predicted molar refractivity (Wildman–Crippen MR) is 128 cm³/mol. The van der Waals surface area contributed by atoms with Crippen LogP contribution in [0.15, 0.2) is 47.1 Å². The first-order valence-corrected chi connectivity index (χ1v) is 11.2. The molecule has 0 spiro atoms. The van der Waals surface area contributed by atoms with Gasteiger partial charge in [0.2, 0.25) is 5.91 Å². The van der Waals surface area contributed by atoms with E-state index in [2.05, 4.69) is 6.07 Å². The van der Waals surface area contributed by atoms with Crippen molar-refractivity contribution in [3.63, 3.8) is 0 Å². The quantitative estimate of drug-likeness (QED) is 0.448. The number of furan rings is 1. The zero-order valence-electron chi connectivity index (χ0n) is 19.4. The normalized spacial score (nSPS) is 15.0. The number of carbonyl (C=O) groups is 1. The van der Waals surface area contributed by atoms with Gasteiger partial charge in [-0.1, -0.05) is 31.0 Å². The van der Waals surface area contributed by atoms with Gasteiger partial charge in [0, 0.05) is 46.8 Å². The maximum absolute atomic E-state index is 13.0. The number of allylic oxidation sites excluding steroid dienone is 1. The molecule has 3 aromatic rings. The monoisotopic (exact) mass is 433 g/mol. The molecule has 0 radical (unpaired) electrons. The Bertz CT molecular complexity index is 1150. The van der Waals surface area contributed by atoms with Crippen LogP contribution in [0, 0.1) is 6.92 Å². The fraction of sp³-hybridized carbons (Fsp3) is 0.370. The lowest BCUT2D eigenvalue weighted by Gasteiger charge is -2.19. The van der Waals surface area contributed by atoms with Crippen molar-refractivity contribution < 1.29 is 18.7 Å². The van der Waals surface area contributed by atoms with E-state index in [1.165, 1.54) is 12.8 Å². The van der Waals surface area contributed by atoms with Gasteiger partial charge in [0.25, 0.3) is 0 Å². The molecular weight excluding hydrogens is 402 g/mol. The number of hydrogen-bond donors (Lipinski definition) is 0. The molecule has 0 unspecified atom stereocenters. The van der Waals surface area contributed by atoms with Crippen molar-refractivity contribution in [2.24, 2.45) is 0 Å². The Morgan fingerprint density at radius 1 is 1.03 bits per heavy atom. The standard InChI is InChI=1S/C27H31NO4/c1-18(15-25(29)28-13-9-5-6-10-14-28)21-16-22-23(20-11-7-8-12-24(20)30-3)17-32-27(22)19(2)26(21)31-4/h7-8,11-12,15-17H,5-6,9-10,13-14H2,1-4H3/b18-15+. The van der Waals surface area contributed by atoms with Crippen LogP contribution < -0.4 is 9.47 Å². The summed E-state index contributed by atoms with van der Waals surface area (Å²) >= 11 is 0. The van der Waals surface area contributed by atoms with Gasteiger partial charge in [0.1, 0.15) is 17.1 Å². The van der Waals surface area contributed by atoms with E-state index in [1.807, 2.05) is 43.0 Å². The summed E-state index contributed by atoms with van der Waals surface area (Å²) in [5.41, 5.74) is 5.39. The number of methoxy groups -OCH3 is 2. The summed E-state index contributed by atoms with van der Waals surface area (Å²) in [6.07, 6.45) is 8.05. The predicted octanol–water partition coefficient (Wildman–Crippen LogP) is 6.23. The fourth-order valence-corrected chi connectivity index (χ4v) is 4.59. The van der Waals surface area contributed by atoms with Crippen molar-refractivity contribution in [3.8, 4) is 22.6 Å². The molecule has 32 heavy (non-hydrogen) atoms. The molecule has 1 saturated heterocycles. The van der Waals surface area contributed by atoms with Crippen molar-refractivity contribution in [2.75, 3.05) is 27.3 Å². The summed E-state index contributed by atoms with van der Waals surface area (Å²) in [7, 11) is 3.33. The van der Waals surface area contributed by atoms with Crippen molar-refractivity contribution in [2.45, 2.75) is 39.5 Å². The first-order chi connectivity index (χ1) is 15.5. The van der Waals surface area contributed by atoms with Gasteiger partial charge in [-0.25, -0.2) is 0 Å². The Labute approximate surface area is 189 Å². The highest BCUT2D eigenvalue weighted by Gasteiger charge is 2.21. The van der Waals surface area contributed by atoms with Gasteiger partial charge in [-0.3, -0.25) is 4.79 Å². The van der Waals surface area contributed by atoms with Crippen molar-refractivity contribution in [1.29, 1.82) is 0 Å². The van der Waals surface area contributed by atoms with Crippen molar-refractivity contribution in [1.82, 2.24) is 4.90 Å². The minimum Gasteiger partial charge on any atom is -0.496 e. The number of rotatable bonds is 5. The molecule has 5 heteroatoms. The fourth-order valence-electron chi connectivity index (χ4n) is 4.59. The number of nitrogens with zero attached hydrogens (tertiary/aromatic N) is 1. The molecule has 2 heterocycles. The number of para-hydroxylation sites is 1. The van der Waals surface area contributed by atoms with Crippen LogP contribution in [0.25, 0.3) is 27.7 Å². The molecule has 168 valence electrons. The van der Waals surface area contributed by atoms with E-state index in [9.17, 15) is 4.79 Å². The van der Waals surface area contributed by atoms with Gasteiger partial charge in [-0.05, 0) is 44.4 Å². The summed E-state index contributed by atoms with van der Waals surface area (Å²) in [4.78, 5) is 14.9. The summed E-state index contributed by atoms with van der Waals surface area (Å²) in [6.45, 7) is 5.63. The molecule has 5 nitrogen and oxygen atoms in total. The third-order valence-corrected chi connectivity index (χ3v) is 6.33. The number of benzene rings is 2. The lowest BCUT2D eigenvalue weighted by molar-refractivity contribution is -0.125. The van der Waals surface area contributed by atoms with Gasteiger partial charge in [0.05, 0.1) is 20.5 Å². The average molecular weight is 434 g/mol. The van der Waals surface area contributed by atoms with E-state index in [4.69, 9.17) is 13.9 Å². The summed E-state index contributed by atoms with van der Waals surface area (Å²) in [5.74, 6) is 1.59. The Balaban J connectivity index is 1.81. The average Bonchev–Trinajstić information content (AvgIpc) is 3.04. The second-order valence-electron chi connectivity index (χ2n) is 8.38. The Morgan fingerprint density at radius 2 is 1.75 bits per heavy atom. The number of aryl methyl sites for hydroxylation is 1. The zero-order valence-corrected chi connectivity index (χ0v) is 19.4.